The largest absolute Gasteiger partial charge is 0.380 e. The summed E-state index contributed by atoms with van der Waals surface area (Å²) in [5.74, 6) is 0.915. The molecule has 1 N–H and O–H groups in total. The van der Waals surface area contributed by atoms with Gasteiger partial charge in [-0.3, -0.25) is 4.79 Å². The van der Waals surface area contributed by atoms with Crippen molar-refractivity contribution in [3.05, 3.63) is 21.0 Å². The Morgan fingerprint density at radius 1 is 1.35 bits per heavy atom. The van der Waals surface area contributed by atoms with Crippen LogP contribution in [-0.2, 0) is 11.3 Å². The Morgan fingerprint density at radius 2 is 2.05 bits per heavy atom. The van der Waals surface area contributed by atoms with E-state index in [2.05, 4.69) is 54.0 Å². The van der Waals surface area contributed by atoms with Crippen LogP contribution in [0.2, 0.25) is 0 Å². The van der Waals surface area contributed by atoms with Gasteiger partial charge in [0.2, 0.25) is 0 Å². The highest BCUT2D eigenvalue weighted by molar-refractivity contribution is 9.10. The van der Waals surface area contributed by atoms with Gasteiger partial charge in [0, 0.05) is 19.7 Å². The van der Waals surface area contributed by atoms with Gasteiger partial charge in [0.1, 0.15) is 4.47 Å². The second-order valence-corrected chi connectivity index (χ2v) is 6.44. The summed E-state index contributed by atoms with van der Waals surface area (Å²) < 4.78 is 7.49. The zero-order chi connectivity index (χ0) is 15.1. The smallest absolute Gasteiger partial charge is 0.283 e. The first kappa shape index (κ1) is 17.2. The van der Waals surface area contributed by atoms with Crippen molar-refractivity contribution < 1.29 is 4.74 Å². The fraction of sp³-hybridized carbons (Fsp3) is 0.714. The third-order valence-corrected chi connectivity index (χ3v) is 3.30. The lowest BCUT2D eigenvalue weighted by atomic mass is 10.2. The van der Waals surface area contributed by atoms with Crippen molar-refractivity contribution in [1.82, 2.24) is 9.78 Å². The van der Waals surface area contributed by atoms with E-state index in [0.29, 0.717) is 41.7 Å². The van der Waals surface area contributed by atoms with E-state index >= 15 is 0 Å². The Hall–Kier alpha value is -0.880. The van der Waals surface area contributed by atoms with Crippen molar-refractivity contribution in [2.75, 3.05) is 25.1 Å². The van der Waals surface area contributed by atoms with Crippen molar-refractivity contribution in [3.8, 4) is 0 Å². The van der Waals surface area contributed by atoms with Crippen LogP contribution in [0.25, 0.3) is 0 Å². The number of nitrogens with zero attached hydrogens (tertiary/aromatic N) is 2. The van der Waals surface area contributed by atoms with Gasteiger partial charge in [-0.25, -0.2) is 4.68 Å². The third kappa shape index (κ3) is 5.63. The lowest BCUT2D eigenvalue weighted by molar-refractivity contribution is 0.118. The van der Waals surface area contributed by atoms with Crippen molar-refractivity contribution >= 4 is 21.6 Å². The van der Waals surface area contributed by atoms with E-state index in [4.69, 9.17) is 4.74 Å². The normalized spacial score (nSPS) is 11.3. The van der Waals surface area contributed by atoms with Crippen molar-refractivity contribution in [2.45, 2.75) is 34.2 Å². The first-order valence-electron chi connectivity index (χ1n) is 6.99. The van der Waals surface area contributed by atoms with E-state index < -0.39 is 0 Å². The zero-order valence-electron chi connectivity index (χ0n) is 12.6. The van der Waals surface area contributed by atoms with Crippen LogP contribution in [0.4, 0.5) is 5.69 Å². The number of anilines is 1. The van der Waals surface area contributed by atoms with Crippen molar-refractivity contribution in [3.63, 3.8) is 0 Å². The SMILES string of the molecule is CC(C)COCCNc1cnn(CC(C)C)c(=O)c1Br. The van der Waals surface area contributed by atoms with Crippen molar-refractivity contribution in [2.24, 2.45) is 11.8 Å². The first-order chi connectivity index (χ1) is 9.41. The number of hydrogen-bond acceptors (Lipinski definition) is 4. The summed E-state index contributed by atoms with van der Waals surface area (Å²) in [7, 11) is 0. The molecule has 0 bridgehead atoms. The number of hydrogen-bond donors (Lipinski definition) is 1. The molecule has 114 valence electrons. The molecule has 1 aromatic rings. The maximum absolute atomic E-state index is 12.1. The molecule has 6 heteroatoms. The topological polar surface area (TPSA) is 56.1 Å². The van der Waals surface area contributed by atoms with E-state index in [9.17, 15) is 4.79 Å². The second kappa shape index (κ2) is 8.42. The summed E-state index contributed by atoms with van der Waals surface area (Å²) in [6.07, 6.45) is 1.68. The highest BCUT2D eigenvalue weighted by Gasteiger charge is 2.09. The molecule has 0 spiro atoms. The Labute approximate surface area is 128 Å². The average Bonchev–Trinajstić information content (AvgIpc) is 2.36. The molecule has 0 radical (unpaired) electrons. The van der Waals surface area contributed by atoms with E-state index in [0.717, 1.165) is 6.61 Å². The summed E-state index contributed by atoms with van der Waals surface area (Å²) in [5, 5.41) is 7.34. The van der Waals surface area contributed by atoms with Gasteiger partial charge in [0.05, 0.1) is 18.5 Å². The Kier molecular flexibility index (Phi) is 7.23. The monoisotopic (exact) mass is 345 g/mol. The number of rotatable bonds is 8. The van der Waals surface area contributed by atoms with Gasteiger partial charge < -0.3 is 10.1 Å². The van der Waals surface area contributed by atoms with Gasteiger partial charge in [0.25, 0.3) is 5.56 Å². The molecule has 20 heavy (non-hydrogen) atoms. The van der Waals surface area contributed by atoms with E-state index in [1.807, 2.05) is 0 Å². The van der Waals surface area contributed by atoms with Gasteiger partial charge in [0.15, 0.2) is 0 Å². The average molecular weight is 346 g/mol. The molecular formula is C14H24BrN3O2. The van der Waals surface area contributed by atoms with Gasteiger partial charge in [-0.1, -0.05) is 27.7 Å². The molecule has 1 heterocycles. The summed E-state index contributed by atoms with van der Waals surface area (Å²) in [6.45, 7) is 11.0. The molecule has 0 aliphatic heterocycles. The summed E-state index contributed by atoms with van der Waals surface area (Å²) >= 11 is 3.34. The zero-order valence-corrected chi connectivity index (χ0v) is 14.2. The fourth-order valence-corrected chi connectivity index (χ4v) is 2.09. The number of aromatic nitrogens is 2. The summed E-state index contributed by atoms with van der Waals surface area (Å²) in [4.78, 5) is 12.1. The standard InChI is InChI=1S/C14H24BrN3O2/c1-10(2)8-18-14(19)13(15)12(7-17-18)16-5-6-20-9-11(3)4/h7,10-11,16H,5-6,8-9H2,1-4H3. The molecule has 0 saturated heterocycles. The Bertz CT molecular complexity index is 472. The Morgan fingerprint density at radius 3 is 2.65 bits per heavy atom. The van der Waals surface area contributed by atoms with Crippen LogP contribution >= 0.6 is 15.9 Å². The molecule has 0 aromatic carbocycles. The van der Waals surface area contributed by atoms with Crippen LogP contribution in [0.15, 0.2) is 15.5 Å². The van der Waals surface area contributed by atoms with Crippen LogP contribution in [0.5, 0.6) is 0 Å². The first-order valence-corrected chi connectivity index (χ1v) is 7.78. The van der Waals surface area contributed by atoms with Gasteiger partial charge in [-0.15, -0.1) is 0 Å². The molecule has 0 atom stereocenters. The number of ether oxygens (including phenoxy) is 1. The molecule has 5 nitrogen and oxygen atoms in total. The van der Waals surface area contributed by atoms with E-state index in [-0.39, 0.29) is 5.56 Å². The molecule has 0 aliphatic rings. The van der Waals surface area contributed by atoms with Gasteiger partial charge >= 0.3 is 0 Å². The fourth-order valence-electron chi connectivity index (χ4n) is 1.64. The minimum Gasteiger partial charge on any atom is -0.380 e. The number of halogens is 1. The minimum atomic E-state index is -0.105. The van der Waals surface area contributed by atoms with Crippen LogP contribution in [-0.4, -0.2) is 29.5 Å². The molecule has 0 unspecified atom stereocenters. The maximum atomic E-state index is 12.1. The van der Waals surface area contributed by atoms with Gasteiger partial charge in [-0.2, -0.15) is 5.10 Å². The van der Waals surface area contributed by atoms with Gasteiger partial charge in [-0.05, 0) is 27.8 Å². The summed E-state index contributed by atoms with van der Waals surface area (Å²) in [5.41, 5.74) is 0.606. The molecule has 0 saturated carbocycles. The third-order valence-electron chi connectivity index (χ3n) is 2.54. The molecule has 1 rings (SSSR count). The van der Waals surface area contributed by atoms with Crippen LogP contribution in [0.3, 0.4) is 0 Å². The predicted octanol–water partition coefficient (Wildman–Crippen LogP) is 2.75. The van der Waals surface area contributed by atoms with Crippen molar-refractivity contribution in [1.29, 1.82) is 0 Å². The highest BCUT2D eigenvalue weighted by Crippen LogP contribution is 2.15. The quantitative estimate of drug-likeness (QED) is 0.736. The van der Waals surface area contributed by atoms with E-state index in [1.165, 1.54) is 4.68 Å². The molecule has 0 amide bonds. The molecule has 0 aliphatic carbocycles. The number of nitrogens with one attached hydrogen (secondary N) is 1. The lowest BCUT2D eigenvalue weighted by Crippen LogP contribution is -2.26. The van der Waals surface area contributed by atoms with E-state index in [1.54, 1.807) is 6.20 Å². The lowest BCUT2D eigenvalue weighted by Gasteiger charge is -2.12. The molecular weight excluding hydrogens is 322 g/mol. The molecule has 1 aromatic heterocycles. The van der Waals surface area contributed by atoms with Crippen LogP contribution in [0, 0.1) is 11.8 Å². The highest BCUT2D eigenvalue weighted by atomic mass is 79.9. The maximum Gasteiger partial charge on any atom is 0.283 e. The Balaban J connectivity index is 2.55. The van der Waals surface area contributed by atoms with Crippen LogP contribution < -0.4 is 10.9 Å². The summed E-state index contributed by atoms with van der Waals surface area (Å²) in [6, 6.07) is 0. The van der Waals surface area contributed by atoms with Crippen LogP contribution in [0.1, 0.15) is 27.7 Å². The molecule has 0 fully saturated rings. The second-order valence-electron chi connectivity index (χ2n) is 5.65. The predicted molar refractivity (Wildman–Crippen MR) is 85.2 cm³/mol. The minimum absolute atomic E-state index is 0.105.